The van der Waals surface area contributed by atoms with Crippen molar-refractivity contribution in [2.75, 3.05) is 0 Å². The minimum absolute atomic E-state index is 0.464. The van der Waals surface area contributed by atoms with Crippen LogP contribution in [0, 0.1) is 0 Å². The number of fused-ring (bicyclic) bond motifs is 1. The van der Waals surface area contributed by atoms with Crippen molar-refractivity contribution >= 4 is 26.8 Å². The van der Waals surface area contributed by atoms with Gasteiger partial charge in [-0.3, -0.25) is 4.98 Å². The van der Waals surface area contributed by atoms with E-state index < -0.39 is 0 Å². The van der Waals surface area contributed by atoms with Crippen molar-refractivity contribution in [3.05, 3.63) is 42.1 Å². The smallest absolute Gasteiger partial charge is 0.0705 e. The lowest BCUT2D eigenvalue weighted by atomic mass is 9.98. The van der Waals surface area contributed by atoms with Crippen molar-refractivity contribution in [3.63, 3.8) is 0 Å². The van der Waals surface area contributed by atoms with E-state index >= 15 is 0 Å². The fourth-order valence-electron chi connectivity index (χ4n) is 2.06. The molecule has 0 aliphatic heterocycles. The van der Waals surface area contributed by atoms with Gasteiger partial charge in [-0.15, -0.1) is 0 Å². The van der Waals surface area contributed by atoms with E-state index in [1.807, 2.05) is 12.1 Å². The highest BCUT2D eigenvalue weighted by Gasteiger charge is 2.16. The lowest BCUT2D eigenvalue weighted by Crippen LogP contribution is -2.09. The topological polar surface area (TPSA) is 12.9 Å². The Balaban J connectivity index is 2.45. The number of para-hydroxylation sites is 1. The molecule has 0 N–H and O–H groups in total. The van der Waals surface area contributed by atoms with Gasteiger partial charge in [0.2, 0.25) is 0 Å². The molecule has 0 saturated carbocycles. The van der Waals surface area contributed by atoms with Crippen LogP contribution in [0.25, 0.3) is 10.9 Å². The van der Waals surface area contributed by atoms with E-state index in [0.717, 1.165) is 11.9 Å². The quantitative estimate of drug-likeness (QED) is 0.753. The largest absolute Gasteiger partial charge is 0.253 e. The van der Waals surface area contributed by atoms with Crippen molar-refractivity contribution in [2.24, 2.45) is 0 Å². The van der Waals surface area contributed by atoms with Crippen LogP contribution in [0.3, 0.4) is 0 Å². The molecule has 0 amide bonds. The molecule has 16 heavy (non-hydrogen) atoms. The van der Waals surface area contributed by atoms with Crippen LogP contribution in [-0.4, -0.2) is 9.81 Å². The maximum absolute atomic E-state index is 4.74. The van der Waals surface area contributed by atoms with Crippen LogP contribution in [-0.2, 0) is 0 Å². The number of aromatic nitrogens is 1. The summed E-state index contributed by atoms with van der Waals surface area (Å²) in [6.07, 6.45) is 1.11. The lowest BCUT2D eigenvalue weighted by Gasteiger charge is -2.17. The molecule has 2 atom stereocenters. The number of hydrogen-bond donors (Lipinski definition) is 0. The summed E-state index contributed by atoms with van der Waals surface area (Å²) >= 11 is 3.66. The van der Waals surface area contributed by atoms with Gasteiger partial charge in [-0.1, -0.05) is 54.0 Å². The van der Waals surface area contributed by atoms with E-state index in [-0.39, 0.29) is 0 Å². The Hall–Kier alpha value is -0.890. The fraction of sp³-hybridized carbons (Fsp3) is 0.357. The molecule has 1 aromatic heterocycles. The number of pyridine rings is 1. The second-order valence-corrected chi connectivity index (χ2v) is 5.57. The van der Waals surface area contributed by atoms with Crippen molar-refractivity contribution in [3.8, 4) is 0 Å². The molecule has 1 nitrogen and oxygen atoms in total. The highest BCUT2D eigenvalue weighted by Crippen LogP contribution is 2.27. The molecule has 1 aromatic carbocycles. The van der Waals surface area contributed by atoms with Gasteiger partial charge in [0.15, 0.2) is 0 Å². The first-order valence-corrected chi connectivity index (χ1v) is 6.63. The van der Waals surface area contributed by atoms with Crippen LogP contribution in [0.4, 0.5) is 0 Å². The van der Waals surface area contributed by atoms with Gasteiger partial charge in [0.05, 0.1) is 5.52 Å². The Morgan fingerprint density at radius 2 is 1.94 bits per heavy atom. The Morgan fingerprint density at radius 3 is 2.62 bits per heavy atom. The molecule has 2 rings (SSSR count). The van der Waals surface area contributed by atoms with E-state index in [1.54, 1.807) is 0 Å². The van der Waals surface area contributed by atoms with Gasteiger partial charge in [0, 0.05) is 21.8 Å². The second-order valence-electron chi connectivity index (χ2n) is 4.12. The van der Waals surface area contributed by atoms with Gasteiger partial charge in [-0.2, -0.15) is 0 Å². The molecule has 2 unspecified atom stereocenters. The Morgan fingerprint density at radius 1 is 1.19 bits per heavy atom. The number of hydrogen-bond acceptors (Lipinski definition) is 1. The Labute approximate surface area is 105 Å². The first-order chi connectivity index (χ1) is 7.72. The number of alkyl halides is 1. The van der Waals surface area contributed by atoms with E-state index in [2.05, 4.69) is 54.0 Å². The molecule has 0 radical (unpaired) electrons. The highest BCUT2D eigenvalue weighted by molar-refractivity contribution is 9.09. The van der Waals surface area contributed by atoms with Crippen LogP contribution in [0.1, 0.15) is 31.9 Å². The fourth-order valence-corrected chi connectivity index (χ4v) is 2.70. The van der Waals surface area contributed by atoms with Crippen LogP contribution < -0.4 is 0 Å². The summed E-state index contributed by atoms with van der Waals surface area (Å²) in [6, 6.07) is 12.6. The van der Waals surface area contributed by atoms with E-state index in [0.29, 0.717) is 10.7 Å². The summed E-state index contributed by atoms with van der Waals surface area (Å²) in [7, 11) is 0. The molecule has 0 spiro atoms. The summed E-state index contributed by atoms with van der Waals surface area (Å²) in [6.45, 7) is 4.39. The average Bonchev–Trinajstić information content (AvgIpc) is 2.29. The molecule has 0 aliphatic carbocycles. The van der Waals surface area contributed by atoms with Crippen molar-refractivity contribution in [1.29, 1.82) is 0 Å². The van der Waals surface area contributed by atoms with Crippen LogP contribution >= 0.6 is 15.9 Å². The van der Waals surface area contributed by atoms with Gasteiger partial charge < -0.3 is 0 Å². The Bertz CT molecular complexity index is 479. The minimum Gasteiger partial charge on any atom is -0.253 e. The third-order valence-corrected chi connectivity index (χ3v) is 3.63. The SMILES string of the molecule is CCC(c1ccc2ccccc2n1)C(C)Br. The summed E-state index contributed by atoms with van der Waals surface area (Å²) in [5.74, 6) is 0.490. The highest BCUT2D eigenvalue weighted by atomic mass is 79.9. The Kier molecular flexibility index (Phi) is 3.59. The van der Waals surface area contributed by atoms with E-state index in [9.17, 15) is 0 Å². The molecular formula is C14H16BrN. The normalized spacial score (nSPS) is 14.9. The predicted octanol–water partition coefficient (Wildman–Crippen LogP) is 4.51. The zero-order valence-corrected chi connectivity index (χ0v) is 11.2. The van der Waals surface area contributed by atoms with E-state index in [4.69, 9.17) is 4.98 Å². The third-order valence-electron chi connectivity index (χ3n) is 2.99. The van der Waals surface area contributed by atoms with Gasteiger partial charge in [0.25, 0.3) is 0 Å². The molecule has 0 aliphatic rings. The first kappa shape index (κ1) is 11.6. The standard InChI is InChI=1S/C14H16BrN/c1-3-12(10(2)15)14-9-8-11-6-4-5-7-13(11)16-14/h4-10,12H,3H2,1-2H3. The van der Waals surface area contributed by atoms with Gasteiger partial charge >= 0.3 is 0 Å². The molecule has 84 valence electrons. The predicted molar refractivity (Wildman–Crippen MR) is 73.2 cm³/mol. The molecule has 1 heterocycles. The third kappa shape index (κ3) is 2.27. The lowest BCUT2D eigenvalue weighted by molar-refractivity contribution is 0.646. The van der Waals surface area contributed by atoms with Crippen LogP contribution in [0.5, 0.6) is 0 Å². The van der Waals surface area contributed by atoms with Crippen molar-refractivity contribution < 1.29 is 0 Å². The van der Waals surface area contributed by atoms with Gasteiger partial charge in [-0.25, -0.2) is 0 Å². The van der Waals surface area contributed by atoms with Crippen molar-refractivity contribution in [2.45, 2.75) is 31.0 Å². The summed E-state index contributed by atoms with van der Waals surface area (Å²) in [5, 5.41) is 1.21. The molecule has 0 fully saturated rings. The zero-order chi connectivity index (χ0) is 11.5. The maximum atomic E-state index is 4.74. The summed E-state index contributed by atoms with van der Waals surface area (Å²) < 4.78 is 0. The number of benzene rings is 1. The van der Waals surface area contributed by atoms with Crippen LogP contribution in [0.2, 0.25) is 0 Å². The number of rotatable bonds is 3. The summed E-state index contributed by atoms with van der Waals surface area (Å²) in [5.41, 5.74) is 2.28. The number of halogens is 1. The molecular weight excluding hydrogens is 262 g/mol. The van der Waals surface area contributed by atoms with E-state index in [1.165, 1.54) is 11.1 Å². The van der Waals surface area contributed by atoms with Crippen molar-refractivity contribution in [1.82, 2.24) is 4.98 Å². The maximum Gasteiger partial charge on any atom is 0.0705 e. The average molecular weight is 278 g/mol. The molecule has 0 saturated heterocycles. The summed E-state index contributed by atoms with van der Waals surface area (Å²) in [4.78, 5) is 5.20. The monoisotopic (exact) mass is 277 g/mol. The van der Waals surface area contributed by atoms with Crippen LogP contribution in [0.15, 0.2) is 36.4 Å². The zero-order valence-electron chi connectivity index (χ0n) is 9.65. The molecule has 2 heteroatoms. The van der Waals surface area contributed by atoms with Gasteiger partial charge in [-0.05, 0) is 18.6 Å². The molecule has 2 aromatic rings. The first-order valence-electron chi connectivity index (χ1n) is 5.72. The number of nitrogens with zero attached hydrogens (tertiary/aromatic N) is 1. The van der Waals surface area contributed by atoms with Gasteiger partial charge in [0.1, 0.15) is 0 Å². The molecule has 0 bridgehead atoms. The second kappa shape index (κ2) is 4.96. The minimum atomic E-state index is 0.464.